The van der Waals surface area contributed by atoms with Crippen LogP contribution in [0.5, 0.6) is 11.8 Å². The van der Waals surface area contributed by atoms with Crippen LogP contribution in [0.4, 0.5) is 18.9 Å². The summed E-state index contributed by atoms with van der Waals surface area (Å²) in [6.45, 7) is -2.99. The van der Waals surface area contributed by atoms with Crippen LogP contribution in [0.3, 0.4) is 0 Å². The van der Waals surface area contributed by atoms with Crippen LogP contribution in [0.25, 0.3) is 0 Å². The largest absolute Gasteiger partial charge is 0.479 e. The minimum Gasteiger partial charge on any atom is -0.479 e. The molecule has 158 valence electrons. The Balaban J connectivity index is 0.00000320. The molecule has 1 amide bonds. The van der Waals surface area contributed by atoms with Crippen LogP contribution in [-0.2, 0) is 16.4 Å². The van der Waals surface area contributed by atoms with Gasteiger partial charge in [0.25, 0.3) is 21.8 Å². The van der Waals surface area contributed by atoms with Crippen molar-refractivity contribution in [1.82, 2.24) is 9.88 Å². The molecule has 0 spiro atoms. The molecule has 2 heterocycles. The van der Waals surface area contributed by atoms with Crippen molar-refractivity contribution in [3.05, 3.63) is 41.2 Å². The maximum absolute atomic E-state index is 14.0. The molecule has 0 aliphatic carbocycles. The fourth-order valence-electron chi connectivity index (χ4n) is 2.91. The van der Waals surface area contributed by atoms with E-state index in [4.69, 9.17) is 4.74 Å². The Kier molecular flexibility index (Phi) is 5.55. The summed E-state index contributed by atoms with van der Waals surface area (Å²) < 4.78 is 75.4. The summed E-state index contributed by atoms with van der Waals surface area (Å²) in [6.07, 6.45) is 0.305. The summed E-state index contributed by atoms with van der Waals surface area (Å²) in [5.41, 5.74) is 0.162. The lowest BCUT2D eigenvalue weighted by Crippen LogP contribution is -2.35. The first-order valence-corrected chi connectivity index (χ1v) is 9.72. The molecule has 0 saturated carbocycles. The van der Waals surface area contributed by atoms with Gasteiger partial charge in [0, 0.05) is 26.6 Å². The molecule has 1 aromatic heterocycles. The minimum absolute atomic E-state index is 0. The summed E-state index contributed by atoms with van der Waals surface area (Å²) in [7, 11) is -1.57. The van der Waals surface area contributed by atoms with Crippen LogP contribution in [0.1, 0.15) is 17.3 Å². The maximum atomic E-state index is 14.0. The van der Waals surface area contributed by atoms with Crippen molar-refractivity contribution < 1.29 is 37.3 Å². The van der Waals surface area contributed by atoms with Gasteiger partial charge in [0.05, 0.1) is 12.0 Å². The zero-order chi connectivity index (χ0) is 21.3. The van der Waals surface area contributed by atoms with E-state index in [1.54, 1.807) is 7.05 Å². The second-order valence-electron chi connectivity index (χ2n) is 6.08. The molecule has 1 N–H and O–H groups in total. The fourth-order valence-corrected chi connectivity index (χ4v) is 4.25. The number of anilines is 1. The molecule has 3 rings (SSSR count). The van der Waals surface area contributed by atoms with Crippen LogP contribution in [-0.4, -0.2) is 51.5 Å². The highest BCUT2D eigenvalue weighted by atomic mass is 32.2. The summed E-state index contributed by atoms with van der Waals surface area (Å²) in [4.78, 5) is 17.0. The third-order valence-electron chi connectivity index (χ3n) is 4.24. The van der Waals surface area contributed by atoms with E-state index in [0.29, 0.717) is 24.6 Å². The number of aromatic nitrogens is 1. The summed E-state index contributed by atoms with van der Waals surface area (Å²) in [6, 6.07) is 4.87. The lowest BCUT2D eigenvalue weighted by molar-refractivity contribution is -0.0555. The average molecular weight is 433 g/mol. The first-order valence-electron chi connectivity index (χ1n) is 8.23. The topological polar surface area (TPSA) is 97.8 Å². The van der Waals surface area contributed by atoms with E-state index in [1.165, 1.54) is 23.1 Å². The Labute approximate surface area is 165 Å². The number of ether oxygens (including phenoxy) is 2. The summed E-state index contributed by atoms with van der Waals surface area (Å²) >= 11 is 0. The van der Waals surface area contributed by atoms with Crippen molar-refractivity contribution in [3.8, 4) is 11.8 Å². The number of halogens is 3. The maximum Gasteiger partial charge on any atom is 0.388 e. The second-order valence-corrected chi connectivity index (χ2v) is 7.73. The van der Waals surface area contributed by atoms with Crippen molar-refractivity contribution in [1.29, 1.82) is 0 Å². The Hall–Kier alpha value is -3.02. The first kappa shape index (κ1) is 20.7. The number of amides is 1. The predicted octanol–water partition coefficient (Wildman–Crippen LogP) is 2.51. The van der Waals surface area contributed by atoms with Crippen LogP contribution in [0.2, 0.25) is 0 Å². The van der Waals surface area contributed by atoms with E-state index in [9.17, 15) is 26.4 Å². The second kappa shape index (κ2) is 7.78. The number of benzene rings is 1. The number of carbonyl (C=O) groups is 1. The number of nitrogens with zero attached hydrogens (tertiary/aromatic N) is 2. The van der Waals surface area contributed by atoms with Crippen molar-refractivity contribution in [3.63, 3.8) is 0 Å². The summed E-state index contributed by atoms with van der Waals surface area (Å²) in [5.74, 6) is -3.13. The standard InChI is InChI=1S/C17H16F3N3O5S.H2/c1-23-7-6-9-10(16(23)24)4-3-5-13(9)29(25,26)22-12-8-11(18)14(28-17(19)20)21-15(12)27-2;/h3-5,8,17,22H,6-7H2,1-2H3;1H. The van der Waals surface area contributed by atoms with Gasteiger partial charge >= 0.3 is 6.61 Å². The van der Waals surface area contributed by atoms with E-state index in [-0.39, 0.29) is 17.8 Å². The van der Waals surface area contributed by atoms with E-state index in [1.807, 2.05) is 0 Å². The Bertz CT molecular complexity index is 1070. The number of rotatable bonds is 6. The molecule has 0 unspecified atom stereocenters. The van der Waals surface area contributed by atoms with E-state index in [2.05, 4.69) is 14.4 Å². The van der Waals surface area contributed by atoms with Crippen LogP contribution >= 0.6 is 0 Å². The van der Waals surface area contributed by atoms with Crippen molar-refractivity contribution >= 4 is 21.6 Å². The monoisotopic (exact) mass is 433 g/mol. The number of pyridine rings is 1. The molecular weight excluding hydrogens is 415 g/mol. The molecule has 0 fully saturated rings. The molecule has 12 heteroatoms. The molecule has 29 heavy (non-hydrogen) atoms. The highest BCUT2D eigenvalue weighted by Gasteiger charge is 2.29. The number of hydrogen-bond acceptors (Lipinski definition) is 6. The van der Waals surface area contributed by atoms with Gasteiger partial charge in [-0.1, -0.05) is 6.07 Å². The van der Waals surface area contributed by atoms with Crippen LogP contribution < -0.4 is 14.2 Å². The third-order valence-corrected chi connectivity index (χ3v) is 5.69. The van der Waals surface area contributed by atoms with Gasteiger partial charge in [0.1, 0.15) is 5.69 Å². The molecule has 0 bridgehead atoms. The number of carbonyl (C=O) groups excluding carboxylic acids is 1. The van der Waals surface area contributed by atoms with Crippen LogP contribution in [0.15, 0.2) is 29.2 Å². The number of fused-ring (bicyclic) bond motifs is 1. The van der Waals surface area contributed by atoms with Gasteiger partial charge in [-0.3, -0.25) is 9.52 Å². The summed E-state index contributed by atoms with van der Waals surface area (Å²) in [5, 5.41) is 0. The van der Waals surface area contributed by atoms with E-state index >= 15 is 0 Å². The number of methoxy groups -OCH3 is 1. The molecule has 0 saturated heterocycles. The lowest BCUT2D eigenvalue weighted by Gasteiger charge is -2.26. The molecule has 8 nitrogen and oxygen atoms in total. The van der Waals surface area contributed by atoms with Crippen molar-refractivity contribution in [2.45, 2.75) is 17.9 Å². The van der Waals surface area contributed by atoms with Gasteiger partial charge in [0.15, 0.2) is 5.82 Å². The van der Waals surface area contributed by atoms with E-state index in [0.717, 1.165) is 7.11 Å². The zero-order valence-electron chi connectivity index (χ0n) is 15.3. The van der Waals surface area contributed by atoms with Gasteiger partial charge < -0.3 is 14.4 Å². The third kappa shape index (κ3) is 4.06. The number of nitrogens with one attached hydrogen (secondary N) is 1. The Morgan fingerprint density at radius 1 is 1.31 bits per heavy atom. The smallest absolute Gasteiger partial charge is 0.388 e. The molecule has 0 atom stereocenters. The number of likely N-dealkylation sites (N-methyl/N-ethyl adjacent to an activating group) is 1. The van der Waals surface area contributed by atoms with Gasteiger partial charge in [-0.15, -0.1) is 0 Å². The molecule has 0 radical (unpaired) electrons. The fraction of sp³-hybridized carbons (Fsp3) is 0.294. The molecule has 1 aliphatic heterocycles. The van der Waals surface area contributed by atoms with Crippen LogP contribution in [0, 0.1) is 5.82 Å². The number of sulfonamides is 1. The number of alkyl halides is 2. The van der Waals surface area contributed by atoms with Gasteiger partial charge in [-0.25, -0.2) is 12.8 Å². The Morgan fingerprint density at radius 2 is 2.03 bits per heavy atom. The van der Waals surface area contributed by atoms with Crippen molar-refractivity contribution in [2.24, 2.45) is 0 Å². The highest BCUT2D eigenvalue weighted by molar-refractivity contribution is 7.92. The molecule has 1 aliphatic rings. The quantitative estimate of drug-likeness (QED) is 0.752. The lowest BCUT2D eigenvalue weighted by atomic mass is 9.99. The molecule has 1 aromatic carbocycles. The van der Waals surface area contributed by atoms with Gasteiger partial charge in [-0.05, 0) is 24.1 Å². The number of hydrogen-bond donors (Lipinski definition) is 1. The minimum atomic E-state index is -4.28. The van der Waals surface area contributed by atoms with Gasteiger partial charge in [0.2, 0.25) is 5.88 Å². The highest BCUT2D eigenvalue weighted by Crippen LogP contribution is 2.32. The predicted molar refractivity (Wildman–Crippen MR) is 97.4 cm³/mol. The molecular formula is C17H18F3N3O5S. The van der Waals surface area contributed by atoms with E-state index < -0.39 is 39.9 Å². The average Bonchev–Trinajstić information content (AvgIpc) is 2.66. The van der Waals surface area contributed by atoms with Gasteiger partial charge in [-0.2, -0.15) is 13.8 Å². The molecule has 2 aromatic rings. The first-order chi connectivity index (χ1) is 13.6. The van der Waals surface area contributed by atoms with Crippen molar-refractivity contribution in [2.75, 3.05) is 25.4 Å². The normalized spacial score (nSPS) is 14.0. The zero-order valence-corrected chi connectivity index (χ0v) is 16.1. The Morgan fingerprint density at radius 3 is 2.69 bits per heavy atom. The SMILES string of the molecule is COc1nc(OC(F)F)c(F)cc1NS(=O)(=O)c1cccc2c1CCN(C)C2=O.[HH].